The van der Waals surface area contributed by atoms with Crippen LogP contribution < -0.4 is 5.32 Å². The molecule has 2 aliphatic rings. The second kappa shape index (κ2) is 6.88. The third-order valence-electron chi connectivity index (χ3n) is 4.67. The van der Waals surface area contributed by atoms with E-state index in [0.29, 0.717) is 36.7 Å². The highest BCUT2D eigenvalue weighted by Gasteiger charge is 2.27. The van der Waals surface area contributed by atoms with Crippen LogP contribution in [0.2, 0.25) is 0 Å². The average molecular weight is 255 g/mol. The SMILES string of the molecule is CC1CC(NCC2CCCCC2CO)CC(C)O1. The fourth-order valence-electron chi connectivity index (χ4n) is 3.68. The Morgan fingerprint density at radius 3 is 2.28 bits per heavy atom. The molecule has 0 bridgehead atoms. The van der Waals surface area contributed by atoms with Crippen molar-refractivity contribution in [3.63, 3.8) is 0 Å². The van der Waals surface area contributed by atoms with Crippen LogP contribution >= 0.6 is 0 Å². The molecule has 106 valence electrons. The molecular formula is C15H29NO2. The quantitative estimate of drug-likeness (QED) is 0.810. The smallest absolute Gasteiger partial charge is 0.0565 e. The Labute approximate surface area is 111 Å². The van der Waals surface area contributed by atoms with Gasteiger partial charge in [0.25, 0.3) is 0 Å². The predicted octanol–water partition coefficient (Wildman–Crippen LogP) is 2.33. The zero-order valence-electron chi connectivity index (χ0n) is 11.9. The molecule has 3 heteroatoms. The van der Waals surface area contributed by atoms with Crippen molar-refractivity contribution < 1.29 is 9.84 Å². The molecule has 0 aromatic heterocycles. The van der Waals surface area contributed by atoms with Gasteiger partial charge in [-0.2, -0.15) is 0 Å². The summed E-state index contributed by atoms with van der Waals surface area (Å²) in [5.74, 6) is 1.21. The van der Waals surface area contributed by atoms with Crippen LogP contribution in [0.25, 0.3) is 0 Å². The molecule has 4 unspecified atom stereocenters. The lowest BCUT2D eigenvalue weighted by Gasteiger charge is -2.36. The average Bonchev–Trinajstić information content (AvgIpc) is 2.35. The minimum Gasteiger partial charge on any atom is -0.396 e. The summed E-state index contributed by atoms with van der Waals surface area (Å²) in [6, 6.07) is 0.602. The van der Waals surface area contributed by atoms with Gasteiger partial charge < -0.3 is 15.2 Å². The molecule has 0 radical (unpaired) electrons. The lowest BCUT2D eigenvalue weighted by atomic mass is 9.79. The van der Waals surface area contributed by atoms with E-state index >= 15 is 0 Å². The maximum atomic E-state index is 9.43. The first-order valence-electron chi connectivity index (χ1n) is 7.68. The molecule has 0 aromatic carbocycles. The second-order valence-corrected chi connectivity index (χ2v) is 6.32. The number of nitrogens with one attached hydrogen (secondary N) is 1. The molecule has 2 rings (SSSR count). The Kier molecular flexibility index (Phi) is 5.46. The van der Waals surface area contributed by atoms with Gasteiger partial charge in [-0.25, -0.2) is 0 Å². The third kappa shape index (κ3) is 3.94. The van der Waals surface area contributed by atoms with Gasteiger partial charge >= 0.3 is 0 Å². The summed E-state index contributed by atoms with van der Waals surface area (Å²) in [6.07, 6.45) is 8.14. The van der Waals surface area contributed by atoms with Gasteiger partial charge in [0.05, 0.1) is 12.2 Å². The molecule has 18 heavy (non-hydrogen) atoms. The number of hydrogen-bond acceptors (Lipinski definition) is 3. The highest BCUT2D eigenvalue weighted by Crippen LogP contribution is 2.29. The number of aliphatic hydroxyl groups is 1. The van der Waals surface area contributed by atoms with Crippen LogP contribution in [0.3, 0.4) is 0 Å². The summed E-state index contributed by atoms with van der Waals surface area (Å²) in [5.41, 5.74) is 0. The number of hydrogen-bond donors (Lipinski definition) is 2. The summed E-state index contributed by atoms with van der Waals surface area (Å²) in [6.45, 7) is 5.78. The van der Waals surface area contributed by atoms with E-state index in [0.717, 1.165) is 19.4 Å². The van der Waals surface area contributed by atoms with Crippen LogP contribution in [0.15, 0.2) is 0 Å². The van der Waals surface area contributed by atoms with Crippen LogP contribution in [0.5, 0.6) is 0 Å². The van der Waals surface area contributed by atoms with Crippen molar-refractivity contribution in [3.05, 3.63) is 0 Å². The normalized spacial score (nSPS) is 41.8. The maximum absolute atomic E-state index is 9.43. The minimum absolute atomic E-state index is 0.368. The second-order valence-electron chi connectivity index (χ2n) is 6.32. The predicted molar refractivity (Wildman–Crippen MR) is 73.6 cm³/mol. The molecule has 0 aromatic rings. The Bertz CT molecular complexity index is 237. The molecular weight excluding hydrogens is 226 g/mol. The van der Waals surface area contributed by atoms with E-state index in [2.05, 4.69) is 19.2 Å². The topological polar surface area (TPSA) is 41.5 Å². The minimum atomic E-state index is 0.368. The van der Waals surface area contributed by atoms with Crippen LogP contribution in [0.4, 0.5) is 0 Å². The fourth-order valence-corrected chi connectivity index (χ4v) is 3.68. The molecule has 0 spiro atoms. The van der Waals surface area contributed by atoms with Crippen molar-refractivity contribution in [2.24, 2.45) is 11.8 Å². The molecule has 1 saturated carbocycles. The third-order valence-corrected chi connectivity index (χ3v) is 4.67. The Morgan fingerprint density at radius 2 is 1.67 bits per heavy atom. The van der Waals surface area contributed by atoms with E-state index in [1.54, 1.807) is 0 Å². The van der Waals surface area contributed by atoms with Gasteiger partial charge in [-0.1, -0.05) is 12.8 Å². The summed E-state index contributed by atoms with van der Waals surface area (Å²) in [4.78, 5) is 0. The Balaban J connectivity index is 1.75. The zero-order chi connectivity index (χ0) is 13.0. The lowest BCUT2D eigenvalue weighted by molar-refractivity contribution is -0.0431. The molecule has 3 nitrogen and oxygen atoms in total. The van der Waals surface area contributed by atoms with Gasteiger partial charge in [-0.05, 0) is 57.9 Å². The van der Waals surface area contributed by atoms with Crippen molar-refractivity contribution in [2.45, 2.75) is 70.6 Å². The number of aliphatic hydroxyl groups excluding tert-OH is 1. The van der Waals surface area contributed by atoms with Gasteiger partial charge in [-0.3, -0.25) is 0 Å². The summed E-state index contributed by atoms with van der Waals surface area (Å²) < 4.78 is 5.77. The van der Waals surface area contributed by atoms with Crippen LogP contribution in [0.1, 0.15) is 52.4 Å². The fraction of sp³-hybridized carbons (Fsp3) is 1.00. The monoisotopic (exact) mass is 255 g/mol. The van der Waals surface area contributed by atoms with E-state index in [9.17, 15) is 5.11 Å². The van der Waals surface area contributed by atoms with Gasteiger partial charge in [0.1, 0.15) is 0 Å². The van der Waals surface area contributed by atoms with Crippen molar-refractivity contribution in [2.75, 3.05) is 13.2 Å². The van der Waals surface area contributed by atoms with E-state index in [1.165, 1.54) is 25.7 Å². The van der Waals surface area contributed by atoms with Gasteiger partial charge in [0.2, 0.25) is 0 Å². The molecule has 2 fully saturated rings. The molecule has 1 heterocycles. The number of rotatable bonds is 4. The van der Waals surface area contributed by atoms with Crippen LogP contribution in [-0.4, -0.2) is 36.5 Å². The molecule has 1 aliphatic carbocycles. The van der Waals surface area contributed by atoms with E-state index in [-0.39, 0.29) is 0 Å². The van der Waals surface area contributed by atoms with Crippen molar-refractivity contribution in [1.29, 1.82) is 0 Å². The molecule has 0 amide bonds. The summed E-state index contributed by atoms with van der Waals surface area (Å²) >= 11 is 0. The first-order valence-corrected chi connectivity index (χ1v) is 7.68. The lowest BCUT2D eigenvalue weighted by Crippen LogP contribution is -2.44. The van der Waals surface area contributed by atoms with Crippen molar-refractivity contribution >= 4 is 0 Å². The first kappa shape index (κ1) is 14.3. The maximum Gasteiger partial charge on any atom is 0.0565 e. The molecule has 1 aliphatic heterocycles. The number of ether oxygens (including phenoxy) is 1. The van der Waals surface area contributed by atoms with Crippen molar-refractivity contribution in [1.82, 2.24) is 5.32 Å². The highest BCUT2D eigenvalue weighted by atomic mass is 16.5. The van der Waals surface area contributed by atoms with Gasteiger partial charge in [-0.15, -0.1) is 0 Å². The zero-order valence-corrected chi connectivity index (χ0v) is 11.9. The molecule has 2 N–H and O–H groups in total. The molecule has 1 saturated heterocycles. The highest BCUT2D eigenvalue weighted by molar-refractivity contribution is 4.82. The van der Waals surface area contributed by atoms with Crippen LogP contribution in [0, 0.1) is 11.8 Å². The largest absolute Gasteiger partial charge is 0.396 e. The summed E-state index contributed by atoms with van der Waals surface area (Å²) in [7, 11) is 0. The van der Waals surface area contributed by atoms with E-state index < -0.39 is 0 Å². The van der Waals surface area contributed by atoms with Crippen molar-refractivity contribution in [3.8, 4) is 0 Å². The van der Waals surface area contributed by atoms with E-state index in [1.807, 2.05) is 0 Å². The Hall–Kier alpha value is -0.120. The van der Waals surface area contributed by atoms with Crippen LogP contribution in [-0.2, 0) is 4.74 Å². The first-order chi connectivity index (χ1) is 8.69. The van der Waals surface area contributed by atoms with E-state index in [4.69, 9.17) is 4.74 Å². The Morgan fingerprint density at radius 1 is 1.06 bits per heavy atom. The summed E-state index contributed by atoms with van der Waals surface area (Å²) in [5, 5.41) is 13.2. The van der Waals surface area contributed by atoms with Gasteiger partial charge in [0.15, 0.2) is 0 Å². The molecule has 4 atom stereocenters. The van der Waals surface area contributed by atoms with Gasteiger partial charge in [0, 0.05) is 12.6 Å². The standard InChI is InChI=1S/C15H29NO2/c1-11-7-15(8-12(2)18-11)16-9-13-5-3-4-6-14(13)10-17/h11-17H,3-10H2,1-2H3.